The molecule has 0 heterocycles. The van der Waals surface area contributed by atoms with Crippen molar-refractivity contribution in [2.75, 3.05) is 6.61 Å². The summed E-state index contributed by atoms with van der Waals surface area (Å²) in [5.41, 5.74) is 1.17. The summed E-state index contributed by atoms with van der Waals surface area (Å²) in [6.45, 7) is 1.25. The molecule has 0 fully saturated rings. The zero-order valence-corrected chi connectivity index (χ0v) is 7.88. The van der Waals surface area contributed by atoms with Crippen LogP contribution in [-0.2, 0) is 0 Å². The average Bonchev–Trinajstić information content (AvgIpc) is 2.14. The van der Waals surface area contributed by atoms with Gasteiger partial charge in [0.15, 0.2) is 0 Å². The summed E-state index contributed by atoms with van der Waals surface area (Å²) in [4.78, 5) is 0. The molecule has 1 rings (SSSR count). The molecular weight excluding hydrogens is 184 g/mol. The Hall–Kier alpha value is -1.10. The summed E-state index contributed by atoms with van der Waals surface area (Å²) in [5, 5.41) is 36.6. The number of rotatable bonds is 3. The summed E-state index contributed by atoms with van der Waals surface area (Å²) < 4.78 is 0. The number of hydrogen-bond donors (Lipinski definition) is 4. The van der Waals surface area contributed by atoms with E-state index in [0.29, 0.717) is 5.56 Å². The molecule has 4 heteroatoms. The van der Waals surface area contributed by atoms with Gasteiger partial charge >= 0.3 is 0 Å². The number of aromatic hydroxyl groups is 1. The molecule has 0 aliphatic carbocycles. The van der Waals surface area contributed by atoms with Gasteiger partial charge in [0, 0.05) is 0 Å². The fourth-order valence-corrected chi connectivity index (χ4v) is 1.28. The molecule has 14 heavy (non-hydrogen) atoms. The highest BCUT2D eigenvalue weighted by Gasteiger charge is 2.17. The van der Waals surface area contributed by atoms with Gasteiger partial charge in [-0.25, -0.2) is 0 Å². The van der Waals surface area contributed by atoms with Gasteiger partial charge in [0.25, 0.3) is 0 Å². The molecule has 2 unspecified atom stereocenters. The molecule has 78 valence electrons. The van der Waals surface area contributed by atoms with Gasteiger partial charge in [-0.3, -0.25) is 0 Å². The van der Waals surface area contributed by atoms with Gasteiger partial charge in [0.2, 0.25) is 0 Å². The minimum atomic E-state index is -1.23. The molecule has 1 aromatic rings. The van der Waals surface area contributed by atoms with Gasteiger partial charge in [0.05, 0.1) is 6.61 Å². The van der Waals surface area contributed by atoms with Crippen molar-refractivity contribution in [2.45, 2.75) is 19.1 Å². The molecule has 0 saturated carbocycles. The normalized spacial score (nSPS) is 15.1. The van der Waals surface area contributed by atoms with E-state index in [1.54, 1.807) is 19.1 Å². The van der Waals surface area contributed by atoms with Crippen LogP contribution in [0.25, 0.3) is 0 Å². The second-order valence-electron chi connectivity index (χ2n) is 3.30. The summed E-state index contributed by atoms with van der Waals surface area (Å²) in [6, 6.07) is 4.54. The topological polar surface area (TPSA) is 80.9 Å². The van der Waals surface area contributed by atoms with Crippen LogP contribution < -0.4 is 0 Å². The zero-order chi connectivity index (χ0) is 10.7. The predicted molar refractivity (Wildman–Crippen MR) is 50.9 cm³/mol. The van der Waals surface area contributed by atoms with Crippen molar-refractivity contribution < 1.29 is 20.4 Å². The van der Waals surface area contributed by atoms with E-state index >= 15 is 0 Å². The lowest BCUT2D eigenvalue weighted by molar-refractivity contribution is -0.0153. The quantitative estimate of drug-likeness (QED) is 0.554. The van der Waals surface area contributed by atoms with Crippen LogP contribution in [0.1, 0.15) is 17.2 Å². The van der Waals surface area contributed by atoms with Gasteiger partial charge in [-0.05, 0) is 30.2 Å². The highest BCUT2D eigenvalue weighted by molar-refractivity contribution is 5.34. The van der Waals surface area contributed by atoms with Crippen molar-refractivity contribution in [3.8, 4) is 5.75 Å². The largest absolute Gasteiger partial charge is 0.508 e. The van der Waals surface area contributed by atoms with Crippen LogP contribution in [0.5, 0.6) is 5.75 Å². The standard InChI is InChI=1S/C10H14O4/c1-6-2-7(4-8(12)3-6)10(14)9(13)5-11/h2-4,9-14H,5H2,1H3. The van der Waals surface area contributed by atoms with E-state index in [1.165, 1.54) is 6.07 Å². The van der Waals surface area contributed by atoms with Gasteiger partial charge in [-0.15, -0.1) is 0 Å². The third kappa shape index (κ3) is 2.45. The number of phenolic OH excluding ortho intramolecular Hbond substituents is 1. The number of phenols is 1. The first-order chi connectivity index (χ1) is 6.54. The molecule has 0 radical (unpaired) electrons. The lowest BCUT2D eigenvalue weighted by atomic mass is 10.0. The third-order valence-corrected chi connectivity index (χ3v) is 1.98. The fourth-order valence-electron chi connectivity index (χ4n) is 1.28. The van der Waals surface area contributed by atoms with E-state index in [9.17, 15) is 15.3 Å². The summed E-state index contributed by atoms with van der Waals surface area (Å²) in [7, 11) is 0. The first kappa shape index (κ1) is 11.0. The monoisotopic (exact) mass is 198 g/mol. The molecule has 0 spiro atoms. The van der Waals surface area contributed by atoms with Crippen molar-refractivity contribution in [2.24, 2.45) is 0 Å². The fraction of sp³-hybridized carbons (Fsp3) is 0.400. The Bertz CT molecular complexity index is 291. The van der Waals surface area contributed by atoms with Crippen molar-refractivity contribution in [1.82, 2.24) is 0 Å². The molecule has 0 aliphatic rings. The predicted octanol–water partition coefficient (Wildman–Crippen LogP) is 0.0872. The van der Waals surface area contributed by atoms with E-state index in [2.05, 4.69) is 0 Å². The molecule has 0 aromatic heterocycles. The van der Waals surface area contributed by atoms with E-state index in [-0.39, 0.29) is 5.75 Å². The molecular formula is C10H14O4. The number of benzene rings is 1. The summed E-state index contributed by atoms with van der Waals surface area (Å²) in [6.07, 6.45) is -2.40. The van der Waals surface area contributed by atoms with Crippen LogP contribution in [-0.4, -0.2) is 33.1 Å². The Morgan fingerprint density at radius 3 is 2.36 bits per heavy atom. The number of aryl methyl sites for hydroxylation is 1. The van der Waals surface area contributed by atoms with Crippen LogP contribution in [0, 0.1) is 6.92 Å². The maximum absolute atomic E-state index is 9.52. The number of aliphatic hydroxyl groups is 3. The molecule has 0 aliphatic heterocycles. The highest BCUT2D eigenvalue weighted by Crippen LogP contribution is 2.22. The first-order valence-electron chi connectivity index (χ1n) is 4.32. The maximum atomic E-state index is 9.52. The molecule has 4 nitrogen and oxygen atoms in total. The molecule has 1 aromatic carbocycles. The van der Waals surface area contributed by atoms with Crippen LogP contribution in [0.4, 0.5) is 0 Å². The first-order valence-corrected chi connectivity index (χ1v) is 4.32. The van der Waals surface area contributed by atoms with E-state index in [4.69, 9.17) is 5.11 Å². The molecule has 0 amide bonds. The Morgan fingerprint density at radius 2 is 1.86 bits per heavy atom. The number of hydrogen-bond acceptors (Lipinski definition) is 4. The van der Waals surface area contributed by atoms with E-state index in [0.717, 1.165) is 5.56 Å². The highest BCUT2D eigenvalue weighted by atomic mass is 16.4. The number of aliphatic hydroxyl groups excluding tert-OH is 3. The summed E-state index contributed by atoms with van der Waals surface area (Å²) >= 11 is 0. The second kappa shape index (κ2) is 4.41. The molecule has 2 atom stereocenters. The van der Waals surface area contributed by atoms with Crippen LogP contribution >= 0.6 is 0 Å². The lowest BCUT2D eigenvalue weighted by Crippen LogP contribution is -2.22. The van der Waals surface area contributed by atoms with Crippen molar-refractivity contribution >= 4 is 0 Å². The van der Waals surface area contributed by atoms with Gasteiger partial charge in [-0.2, -0.15) is 0 Å². The Kier molecular flexibility index (Phi) is 3.46. The summed E-state index contributed by atoms with van der Waals surface area (Å²) in [5.74, 6) is 0.0317. The SMILES string of the molecule is Cc1cc(O)cc(C(O)C(O)CO)c1. The lowest BCUT2D eigenvalue weighted by Gasteiger charge is -2.16. The van der Waals surface area contributed by atoms with Gasteiger partial charge < -0.3 is 20.4 Å². The zero-order valence-electron chi connectivity index (χ0n) is 7.88. The maximum Gasteiger partial charge on any atom is 0.116 e. The second-order valence-corrected chi connectivity index (χ2v) is 3.30. The molecule has 0 bridgehead atoms. The van der Waals surface area contributed by atoms with Crippen LogP contribution in [0.3, 0.4) is 0 Å². The van der Waals surface area contributed by atoms with E-state index in [1.807, 2.05) is 0 Å². The van der Waals surface area contributed by atoms with Crippen molar-refractivity contribution in [3.05, 3.63) is 29.3 Å². The third-order valence-electron chi connectivity index (χ3n) is 1.98. The van der Waals surface area contributed by atoms with Gasteiger partial charge in [0.1, 0.15) is 18.0 Å². The average molecular weight is 198 g/mol. The Labute approximate surface area is 82.1 Å². The Morgan fingerprint density at radius 1 is 1.21 bits per heavy atom. The Balaban J connectivity index is 2.94. The van der Waals surface area contributed by atoms with Crippen LogP contribution in [0.15, 0.2) is 18.2 Å². The minimum absolute atomic E-state index is 0.0317. The minimum Gasteiger partial charge on any atom is -0.508 e. The molecule has 4 N–H and O–H groups in total. The van der Waals surface area contributed by atoms with Crippen molar-refractivity contribution in [3.63, 3.8) is 0 Å². The van der Waals surface area contributed by atoms with Gasteiger partial charge in [-0.1, -0.05) is 6.07 Å². The van der Waals surface area contributed by atoms with Crippen molar-refractivity contribution in [1.29, 1.82) is 0 Å². The van der Waals surface area contributed by atoms with E-state index < -0.39 is 18.8 Å². The van der Waals surface area contributed by atoms with Crippen LogP contribution in [0.2, 0.25) is 0 Å². The molecule has 0 saturated heterocycles. The smallest absolute Gasteiger partial charge is 0.116 e.